The monoisotopic (exact) mass is 277 g/mol. The first-order chi connectivity index (χ1) is 9.04. The highest BCUT2D eigenvalue weighted by Gasteiger charge is 2.34. The Morgan fingerprint density at radius 2 is 2.21 bits per heavy atom. The number of halogens is 1. The summed E-state index contributed by atoms with van der Waals surface area (Å²) < 4.78 is 0. The van der Waals surface area contributed by atoms with Crippen molar-refractivity contribution in [2.45, 2.75) is 18.9 Å². The third-order valence-corrected chi connectivity index (χ3v) is 3.48. The Bertz CT molecular complexity index is 577. The highest BCUT2D eigenvalue weighted by Crippen LogP contribution is 2.23. The standard InChI is InChI=1S/C14H12ClNO3/c1-2-9-5-6-10(8-11(9)15)13(17)16-7-3-4-12(16)14(18)19/h1,5-6,8,12H,3-4,7H2,(H,18,19)/t12-/m1/s1. The molecular formula is C14H12ClNO3. The average Bonchev–Trinajstić information content (AvgIpc) is 2.87. The maximum atomic E-state index is 12.3. The van der Waals surface area contributed by atoms with Gasteiger partial charge in [0.1, 0.15) is 6.04 Å². The van der Waals surface area contributed by atoms with Crippen LogP contribution in [0.3, 0.4) is 0 Å². The third-order valence-electron chi connectivity index (χ3n) is 3.17. The molecular weight excluding hydrogens is 266 g/mol. The molecule has 1 aromatic carbocycles. The van der Waals surface area contributed by atoms with Gasteiger partial charge in [-0.05, 0) is 31.0 Å². The molecule has 2 rings (SSSR count). The zero-order valence-corrected chi connectivity index (χ0v) is 10.9. The molecule has 0 aromatic heterocycles. The van der Waals surface area contributed by atoms with Gasteiger partial charge in [-0.25, -0.2) is 4.79 Å². The van der Waals surface area contributed by atoms with Crippen LogP contribution in [0.4, 0.5) is 0 Å². The van der Waals surface area contributed by atoms with Gasteiger partial charge in [-0.3, -0.25) is 4.79 Å². The lowest BCUT2D eigenvalue weighted by Gasteiger charge is -2.21. The van der Waals surface area contributed by atoms with E-state index < -0.39 is 12.0 Å². The van der Waals surface area contributed by atoms with Gasteiger partial charge in [-0.2, -0.15) is 0 Å². The minimum Gasteiger partial charge on any atom is -0.480 e. The Morgan fingerprint density at radius 1 is 1.47 bits per heavy atom. The molecule has 0 bridgehead atoms. The van der Waals surface area contributed by atoms with Crippen LogP contribution < -0.4 is 0 Å². The Kier molecular flexibility index (Phi) is 3.77. The molecule has 1 aromatic rings. The van der Waals surface area contributed by atoms with Gasteiger partial charge in [0.05, 0.1) is 5.02 Å². The van der Waals surface area contributed by atoms with E-state index in [0.717, 1.165) is 0 Å². The van der Waals surface area contributed by atoms with Gasteiger partial charge in [0.2, 0.25) is 0 Å². The summed E-state index contributed by atoms with van der Waals surface area (Å²) in [7, 11) is 0. The molecule has 1 amide bonds. The lowest BCUT2D eigenvalue weighted by Crippen LogP contribution is -2.40. The van der Waals surface area contributed by atoms with Crippen LogP contribution in [0.25, 0.3) is 0 Å². The molecule has 1 aliphatic heterocycles. The quantitative estimate of drug-likeness (QED) is 0.842. The molecule has 1 fully saturated rings. The first-order valence-electron chi connectivity index (χ1n) is 5.84. The van der Waals surface area contributed by atoms with E-state index in [4.69, 9.17) is 23.1 Å². The summed E-state index contributed by atoms with van der Waals surface area (Å²) in [5.41, 5.74) is 0.867. The summed E-state index contributed by atoms with van der Waals surface area (Å²) >= 11 is 5.95. The zero-order chi connectivity index (χ0) is 14.0. The number of hydrogen-bond acceptors (Lipinski definition) is 2. The summed E-state index contributed by atoms with van der Waals surface area (Å²) in [5.74, 6) is 1.11. The number of benzene rings is 1. The van der Waals surface area contributed by atoms with E-state index in [9.17, 15) is 9.59 Å². The molecule has 19 heavy (non-hydrogen) atoms. The van der Waals surface area contributed by atoms with Gasteiger partial charge in [-0.1, -0.05) is 17.5 Å². The van der Waals surface area contributed by atoms with Gasteiger partial charge in [0, 0.05) is 17.7 Å². The Balaban J connectivity index is 2.27. The van der Waals surface area contributed by atoms with Gasteiger partial charge < -0.3 is 10.0 Å². The van der Waals surface area contributed by atoms with Crippen LogP contribution in [0.1, 0.15) is 28.8 Å². The number of aliphatic carboxylic acids is 1. The van der Waals surface area contributed by atoms with Crippen molar-refractivity contribution in [3.63, 3.8) is 0 Å². The van der Waals surface area contributed by atoms with Gasteiger partial charge in [0.25, 0.3) is 5.91 Å². The molecule has 5 heteroatoms. The van der Waals surface area contributed by atoms with Gasteiger partial charge in [0.15, 0.2) is 0 Å². The van der Waals surface area contributed by atoms with Crippen molar-refractivity contribution in [2.75, 3.05) is 6.54 Å². The van der Waals surface area contributed by atoms with E-state index >= 15 is 0 Å². The van der Waals surface area contributed by atoms with Gasteiger partial charge >= 0.3 is 5.97 Å². The minimum atomic E-state index is -0.975. The third kappa shape index (κ3) is 2.56. The number of carboxylic acids is 1. The fourth-order valence-corrected chi connectivity index (χ4v) is 2.43. The second kappa shape index (κ2) is 5.33. The number of carboxylic acid groups (broad SMARTS) is 1. The summed E-state index contributed by atoms with van der Waals surface area (Å²) in [6.45, 7) is 0.449. The fourth-order valence-electron chi connectivity index (χ4n) is 2.20. The van der Waals surface area contributed by atoms with E-state index in [1.54, 1.807) is 12.1 Å². The van der Waals surface area contributed by atoms with Crippen LogP contribution in [-0.2, 0) is 4.79 Å². The topological polar surface area (TPSA) is 57.6 Å². The molecule has 98 valence electrons. The number of rotatable bonds is 2. The Morgan fingerprint density at radius 3 is 2.79 bits per heavy atom. The molecule has 1 N–H and O–H groups in total. The molecule has 0 unspecified atom stereocenters. The van der Waals surface area contributed by atoms with Crippen LogP contribution >= 0.6 is 11.6 Å². The van der Waals surface area contributed by atoms with Crippen LogP contribution in [0, 0.1) is 12.3 Å². The Labute approximate surface area is 116 Å². The van der Waals surface area contributed by atoms with E-state index in [1.165, 1.54) is 11.0 Å². The normalized spacial score (nSPS) is 18.1. The van der Waals surface area contributed by atoms with Crippen LogP contribution in [0.2, 0.25) is 5.02 Å². The SMILES string of the molecule is C#Cc1ccc(C(=O)N2CCC[C@@H]2C(=O)O)cc1Cl. The number of terminal acetylenes is 1. The van der Waals surface area contributed by atoms with Crippen molar-refractivity contribution in [3.05, 3.63) is 34.3 Å². The number of nitrogens with zero attached hydrogens (tertiary/aromatic N) is 1. The summed E-state index contributed by atoms with van der Waals surface area (Å²) in [6, 6.07) is 3.89. The molecule has 1 heterocycles. The predicted octanol–water partition coefficient (Wildman–Crippen LogP) is 2.01. The molecule has 0 radical (unpaired) electrons. The zero-order valence-electron chi connectivity index (χ0n) is 10.1. The van der Waals surface area contributed by atoms with Crippen LogP contribution in [-0.4, -0.2) is 34.5 Å². The molecule has 0 aliphatic carbocycles. The molecule has 1 atom stereocenters. The largest absolute Gasteiger partial charge is 0.480 e. The van der Waals surface area contributed by atoms with E-state index in [-0.39, 0.29) is 5.91 Å². The number of amides is 1. The fraction of sp³-hybridized carbons (Fsp3) is 0.286. The maximum absolute atomic E-state index is 12.3. The lowest BCUT2D eigenvalue weighted by molar-refractivity contribution is -0.141. The van der Waals surface area contributed by atoms with E-state index in [1.807, 2.05) is 0 Å². The molecule has 0 spiro atoms. The van der Waals surface area contributed by atoms with Crippen molar-refractivity contribution < 1.29 is 14.7 Å². The number of carbonyl (C=O) groups is 2. The first-order valence-corrected chi connectivity index (χ1v) is 6.22. The second-order valence-corrected chi connectivity index (χ2v) is 4.74. The van der Waals surface area contributed by atoms with Crippen molar-refractivity contribution in [3.8, 4) is 12.3 Å². The van der Waals surface area contributed by atoms with Crippen LogP contribution in [0.15, 0.2) is 18.2 Å². The smallest absolute Gasteiger partial charge is 0.326 e. The molecule has 4 nitrogen and oxygen atoms in total. The number of hydrogen-bond donors (Lipinski definition) is 1. The van der Waals surface area contributed by atoms with E-state index in [0.29, 0.717) is 35.5 Å². The highest BCUT2D eigenvalue weighted by molar-refractivity contribution is 6.32. The summed E-state index contributed by atoms with van der Waals surface area (Å²) in [4.78, 5) is 24.7. The number of carbonyl (C=O) groups excluding carboxylic acids is 1. The lowest BCUT2D eigenvalue weighted by atomic mass is 10.1. The summed E-state index contributed by atoms with van der Waals surface area (Å²) in [6.07, 6.45) is 6.43. The highest BCUT2D eigenvalue weighted by atomic mass is 35.5. The molecule has 1 saturated heterocycles. The van der Waals surface area contributed by atoms with Crippen molar-refractivity contribution in [1.82, 2.24) is 4.90 Å². The predicted molar refractivity (Wildman–Crippen MR) is 71.1 cm³/mol. The Hall–Kier alpha value is -1.99. The maximum Gasteiger partial charge on any atom is 0.326 e. The summed E-state index contributed by atoms with van der Waals surface area (Å²) in [5, 5.41) is 9.39. The van der Waals surface area contributed by atoms with E-state index in [2.05, 4.69) is 5.92 Å². The van der Waals surface area contributed by atoms with Crippen molar-refractivity contribution >= 4 is 23.5 Å². The first kappa shape index (κ1) is 13.4. The molecule has 0 saturated carbocycles. The number of likely N-dealkylation sites (tertiary alicyclic amines) is 1. The van der Waals surface area contributed by atoms with Crippen molar-refractivity contribution in [2.24, 2.45) is 0 Å². The average molecular weight is 278 g/mol. The van der Waals surface area contributed by atoms with Gasteiger partial charge in [-0.15, -0.1) is 6.42 Å². The molecule has 1 aliphatic rings. The second-order valence-electron chi connectivity index (χ2n) is 4.33. The minimum absolute atomic E-state index is 0.319. The van der Waals surface area contributed by atoms with Crippen LogP contribution in [0.5, 0.6) is 0 Å². The van der Waals surface area contributed by atoms with Crippen molar-refractivity contribution in [1.29, 1.82) is 0 Å².